The Hall–Kier alpha value is -1.13. The highest BCUT2D eigenvalue weighted by Gasteiger charge is 2.07. The maximum Gasteiger partial charge on any atom is 0.128 e. The van der Waals surface area contributed by atoms with Gasteiger partial charge in [0.05, 0.1) is 0 Å². The van der Waals surface area contributed by atoms with Gasteiger partial charge in [0.15, 0.2) is 0 Å². The average Bonchev–Trinajstić information content (AvgIpc) is 2.48. The zero-order valence-corrected chi connectivity index (χ0v) is 13.5. The van der Waals surface area contributed by atoms with Crippen LogP contribution in [-0.4, -0.2) is 42.6 Å². The Bertz CT molecular complexity index is 357. The molecule has 1 aromatic heterocycles. The highest BCUT2D eigenvalue weighted by Crippen LogP contribution is 2.14. The first-order valence-corrected chi connectivity index (χ1v) is 7.81. The molecule has 0 unspecified atom stereocenters. The SMILES string of the molecule is CCN(CC)CCCN(CC)c1ccc([C@H](C)N)cn1. The van der Waals surface area contributed by atoms with Crippen molar-refractivity contribution < 1.29 is 0 Å². The molecular formula is C16H30N4. The van der Waals surface area contributed by atoms with Crippen LogP contribution in [0.2, 0.25) is 0 Å². The zero-order valence-electron chi connectivity index (χ0n) is 13.5. The lowest BCUT2D eigenvalue weighted by Gasteiger charge is -2.24. The van der Waals surface area contributed by atoms with Crippen LogP contribution in [-0.2, 0) is 0 Å². The highest BCUT2D eigenvalue weighted by molar-refractivity contribution is 5.39. The fourth-order valence-corrected chi connectivity index (χ4v) is 2.31. The topological polar surface area (TPSA) is 45.4 Å². The molecule has 4 heteroatoms. The Balaban J connectivity index is 2.53. The maximum absolute atomic E-state index is 5.86. The van der Waals surface area contributed by atoms with Gasteiger partial charge in [-0.2, -0.15) is 0 Å². The second-order valence-electron chi connectivity index (χ2n) is 5.20. The van der Waals surface area contributed by atoms with Gasteiger partial charge in [0.2, 0.25) is 0 Å². The maximum atomic E-state index is 5.86. The summed E-state index contributed by atoms with van der Waals surface area (Å²) in [4.78, 5) is 9.33. The third kappa shape index (κ3) is 5.10. The van der Waals surface area contributed by atoms with E-state index in [4.69, 9.17) is 5.73 Å². The minimum Gasteiger partial charge on any atom is -0.357 e. The van der Waals surface area contributed by atoms with Gasteiger partial charge in [0.25, 0.3) is 0 Å². The van der Waals surface area contributed by atoms with Crippen LogP contribution in [0.4, 0.5) is 5.82 Å². The lowest BCUT2D eigenvalue weighted by atomic mass is 10.1. The highest BCUT2D eigenvalue weighted by atomic mass is 15.2. The third-order valence-electron chi connectivity index (χ3n) is 3.80. The molecule has 0 fully saturated rings. The summed E-state index contributed by atoms with van der Waals surface area (Å²) < 4.78 is 0. The molecule has 0 amide bonds. The van der Waals surface area contributed by atoms with Crippen molar-refractivity contribution in [2.45, 2.75) is 40.2 Å². The Morgan fingerprint density at radius 3 is 2.25 bits per heavy atom. The smallest absolute Gasteiger partial charge is 0.128 e. The van der Waals surface area contributed by atoms with Gasteiger partial charge in [-0.1, -0.05) is 19.9 Å². The van der Waals surface area contributed by atoms with E-state index in [1.54, 1.807) is 0 Å². The summed E-state index contributed by atoms with van der Waals surface area (Å²) in [6.07, 6.45) is 3.07. The molecule has 0 bridgehead atoms. The predicted octanol–water partition coefficient (Wildman–Crippen LogP) is 2.66. The summed E-state index contributed by atoms with van der Waals surface area (Å²) in [5.74, 6) is 1.05. The van der Waals surface area contributed by atoms with Gasteiger partial charge in [-0.25, -0.2) is 4.98 Å². The largest absolute Gasteiger partial charge is 0.357 e. The van der Waals surface area contributed by atoms with Gasteiger partial charge >= 0.3 is 0 Å². The summed E-state index contributed by atoms with van der Waals surface area (Å²) in [5, 5.41) is 0. The van der Waals surface area contributed by atoms with Crippen molar-refractivity contribution >= 4 is 5.82 Å². The Labute approximate surface area is 124 Å². The van der Waals surface area contributed by atoms with Gasteiger partial charge in [0, 0.05) is 25.3 Å². The van der Waals surface area contributed by atoms with Crippen LogP contribution < -0.4 is 10.6 Å². The van der Waals surface area contributed by atoms with Crippen LogP contribution >= 0.6 is 0 Å². The van der Waals surface area contributed by atoms with E-state index in [9.17, 15) is 0 Å². The molecular weight excluding hydrogens is 248 g/mol. The quantitative estimate of drug-likeness (QED) is 0.754. The second-order valence-corrected chi connectivity index (χ2v) is 5.20. The van der Waals surface area contributed by atoms with Crippen LogP contribution in [0.25, 0.3) is 0 Å². The molecule has 4 nitrogen and oxygen atoms in total. The predicted molar refractivity (Wildman–Crippen MR) is 87.1 cm³/mol. The normalized spacial score (nSPS) is 12.7. The van der Waals surface area contributed by atoms with Crippen molar-refractivity contribution in [1.29, 1.82) is 0 Å². The molecule has 0 aliphatic heterocycles. The van der Waals surface area contributed by atoms with E-state index >= 15 is 0 Å². The first-order valence-electron chi connectivity index (χ1n) is 7.81. The van der Waals surface area contributed by atoms with Crippen molar-refractivity contribution in [2.24, 2.45) is 5.73 Å². The molecule has 0 saturated heterocycles. The molecule has 0 spiro atoms. The van der Waals surface area contributed by atoms with E-state index in [1.807, 2.05) is 13.1 Å². The number of aromatic nitrogens is 1. The lowest BCUT2D eigenvalue weighted by molar-refractivity contribution is 0.300. The van der Waals surface area contributed by atoms with Crippen molar-refractivity contribution in [1.82, 2.24) is 9.88 Å². The molecule has 0 radical (unpaired) electrons. The number of hydrogen-bond donors (Lipinski definition) is 1. The number of nitrogens with zero attached hydrogens (tertiary/aromatic N) is 3. The van der Waals surface area contributed by atoms with E-state index in [1.165, 1.54) is 6.42 Å². The summed E-state index contributed by atoms with van der Waals surface area (Å²) in [5.41, 5.74) is 6.95. The first kappa shape index (κ1) is 16.9. The van der Waals surface area contributed by atoms with Gasteiger partial charge in [-0.05, 0) is 51.5 Å². The zero-order chi connectivity index (χ0) is 15.0. The number of pyridine rings is 1. The summed E-state index contributed by atoms with van der Waals surface area (Å²) in [6.45, 7) is 14.1. The minimum atomic E-state index is 0.0503. The summed E-state index contributed by atoms with van der Waals surface area (Å²) >= 11 is 0. The molecule has 1 rings (SSSR count). The van der Waals surface area contributed by atoms with Gasteiger partial charge in [0.1, 0.15) is 5.82 Å². The molecule has 0 aliphatic carbocycles. The molecule has 0 aromatic carbocycles. The lowest BCUT2D eigenvalue weighted by Crippen LogP contribution is -2.30. The Morgan fingerprint density at radius 2 is 1.80 bits per heavy atom. The van der Waals surface area contributed by atoms with Crippen LogP contribution in [0.5, 0.6) is 0 Å². The van der Waals surface area contributed by atoms with E-state index in [0.717, 1.165) is 44.1 Å². The summed E-state index contributed by atoms with van der Waals surface area (Å²) in [7, 11) is 0. The molecule has 1 aromatic rings. The Kier molecular flexibility index (Phi) is 7.55. The molecule has 114 valence electrons. The molecule has 0 saturated carbocycles. The Morgan fingerprint density at radius 1 is 1.10 bits per heavy atom. The molecule has 20 heavy (non-hydrogen) atoms. The standard InChI is InChI=1S/C16H30N4/c1-5-19(6-2)11-8-12-20(7-3)16-10-9-15(13-18-16)14(4)17/h9-10,13-14H,5-8,11-12,17H2,1-4H3/t14-/m0/s1. The van der Waals surface area contributed by atoms with E-state index in [-0.39, 0.29) is 6.04 Å². The van der Waals surface area contributed by atoms with Crippen LogP contribution in [0.15, 0.2) is 18.3 Å². The molecule has 2 N–H and O–H groups in total. The van der Waals surface area contributed by atoms with E-state index < -0.39 is 0 Å². The second kappa shape index (κ2) is 8.93. The van der Waals surface area contributed by atoms with Crippen molar-refractivity contribution in [2.75, 3.05) is 37.6 Å². The van der Waals surface area contributed by atoms with Gasteiger partial charge in [-0.15, -0.1) is 0 Å². The number of nitrogens with two attached hydrogens (primary N) is 1. The molecule has 0 aliphatic rings. The van der Waals surface area contributed by atoms with Crippen LogP contribution in [0.1, 0.15) is 45.7 Å². The number of rotatable bonds is 9. The fourth-order valence-electron chi connectivity index (χ4n) is 2.31. The molecule has 1 heterocycles. The number of anilines is 1. The minimum absolute atomic E-state index is 0.0503. The fraction of sp³-hybridized carbons (Fsp3) is 0.688. The first-order chi connectivity index (χ1) is 9.62. The van der Waals surface area contributed by atoms with Crippen molar-refractivity contribution in [3.63, 3.8) is 0 Å². The monoisotopic (exact) mass is 278 g/mol. The molecule has 1 atom stereocenters. The third-order valence-corrected chi connectivity index (χ3v) is 3.80. The van der Waals surface area contributed by atoms with Crippen molar-refractivity contribution in [3.05, 3.63) is 23.9 Å². The average molecular weight is 278 g/mol. The van der Waals surface area contributed by atoms with E-state index in [2.05, 4.69) is 47.7 Å². The van der Waals surface area contributed by atoms with Gasteiger partial charge < -0.3 is 15.5 Å². The van der Waals surface area contributed by atoms with Crippen LogP contribution in [0, 0.1) is 0 Å². The van der Waals surface area contributed by atoms with Gasteiger partial charge in [-0.3, -0.25) is 0 Å². The summed E-state index contributed by atoms with van der Waals surface area (Å²) in [6, 6.07) is 4.22. The van der Waals surface area contributed by atoms with Crippen LogP contribution in [0.3, 0.4) is 0 Å². The van der Waals surface area contributed by atoms with Crippen molar-refractivity contribution in [3.8, 4) is 0 Å². The van der Waals surface area contributed by atoms with E-state index in [0.29, 0.717) is 0 Å². The number of hydrogen-bond acceptors (Lipinski definition) is 4.